The van der Waals surface area contributed by atoms with Crippen molar-refractivity contribution in [1.29, 1.82) is 0 Å². The molecule has 0 fully saturated rings. The molecular formula is C8H11N3O2. The average Bonchev–Trinajstić information content (AvgIpc) is 2.46. The molecule has 13 heavy (non-hydrogen) atoms. The fourth-order valence-corrected chi connectivity index (χ4v) is 1.65. The Hall–Kier alpha value is -1.39. The molecule has 0 spiro atoms. The molecule has 1 aromatic rings. The van der Waals surface area contributed by atoms with E-state index < -0.39 is 5.97 Å². The highest BCUT2D eigenvalue weighted by molar-refractivity contribution is 5.83. The minimum atomic E-state index is -0.993. The van der Waals surface area contributed by atoms with Crippen molar-refractivity contribution in [2.75, 3.05) is 0 Å². The Kier molecular flexibility index (Phi) is 1.79. The van der Waals surface area contributed by atoms with Crippen molar-refractivity contribution < 1.29 is 9.90 Å². The van der Waals surface area contributed by atoms with Crippen molar-refractivity contribution in [3.8, 4) is 0 Å². The first-order valence-corrected chi connectivity index (χ1v) is 4.34. The van der Waals surface area contributed by atoms with Gasteiger partial charge in [-0.05, 0) is 12.3 Å². The zero-order valence-electron chi connectivity index (χ0n) is 7.40. The van der Waals surface area contributed by atoms with Crippen molar-refractivity contribution in [2.45, 2.75) is 26.3 Å². The van der Waals surface area contributed by atoms with Crippen molar-refractivity contribution in [3.63, 3.8) is 0 Å². The van der Waals surface area contributed by atoms with Crippen molar-refractivity contribution in [2.24, 2.45) is 5.92 Å². The number of aromatic carboxylic acids is 1. The predicted octanol–water partition coefficient (Wildman–Crippen LogP) is 0.559. The minimum Gasteiger partial charge on any atom is -0.475 e. The van der Waals surface area contributed by atoms with Crippen molar-refractivity contribution >= 4 is 5.97 Å². The number of carboxylic acids is 1. The SMILES string of the molecule is CC1CCc2nnc(C(=O)O)n2C1. The fourth-order valence-electron chi connectivity index (χ4n) is 1.65. The molecule has 0 bridgehead atoms. The summed E-state index contributed by atoms with van der Waals surface area (Å²) in [7, 11) is 0. The van der Waals surface area contributed by atoms with Gasteiger partial charge in [-0.2, -0.15) is 0 Å². The molecule has 2 heterocycles. The first-order valence-electron chi connectivity index (χ1n) is 4.34. The number of rotatable bonds is 1. The number of fused-ring (bicyclic) bond motifs is 1. The minimum absolute atomic E-state index is 0.0709. The van der Waals surface area contributed by atoms with Crippen LogP contribution in [0.4, 0.5) is 0 Å². The monoisotopic (exact) mass is 181 g/mol. The number of nitrogens with zero attached hydrogens (tertiary/aromatic N) is 3. The van der Waals surface area contributed by atoms with Crippen LogP contribution in [0.1, 0.15) is 29.8 Å². The van der Waals surface area contributed by atoms with E-state index in [-0.39, 0.29) is 5.82 Å². The lowest BCUT2D eigenvalue weighted by Gasteiger charge is -2.19. The van der Waals surface area contributed by atoms with E-state index in [1.807, 2.05) is 0 Å². The maximum atomic E-state index is 10.7. The second-order valence-corrected chi connectivity index (χ2v) is 3.50. The number of hydrogen-bond donors (Lipinski definition) is 1. The summed E-state index contributed by atoms with van der Waals surface area (Å²) < 4.78 is 1.70. The summed E-state index contributed by atoms with van der Waals surface area (Å²) >= 11 is 0. The number of carboxylic acid groups (broad SMARTS) is 1. The summed E-state index contributed by atoms with van der Waals surface area (Å²) in [6, 6.07) is 0. The van der Waals surface area contributed by atoms with Gasteiger partial charge >= 0.3 is 5.97 Å². The van der Waals surface area contributed by atoms with Crippen LogP contribution < -0.4 is 0 Å². The zero-order valence-corrected chi connectivity index (χ0v) is 7.40. The number of carbonyl (C=O) groups is 1. The summed E-state index contributed by atoms with van der Waals surface area (Å²) in [5.41, 5.74) is 0. The third-order valence-corrected chi connectivity index (χ3v) is 2.37. The highest BCUT2D eigenvalue weighted by Gasteiger charge is 2.23. The summed E-state index contributed by atoms with van der Waals surface area (Å²) in [4.78, 5) is 10.7. The molecule has 0 amide bonds. The van der Waals surface area contributed by atoms with Gasteiger partial charge in [0, 0.05) is 13.0 Å². The van der Waals surface area contributed by atoms with Crippen LogP contribution in [0.15, 0.2) is 0 Å². The van der Waals surface area contributed by atoms with Crippen LogP contribution >= 0.6 is 0 Å². The van der Waals surface area contributed by atoms with Crippen LogP contribution in [0.3, 0.4) is 0 Å². The van der Waals surface area contributed by atoms with Crippen LogP contribution in [0.2, 0.25) is 0 Å². The van der Waals surface area contributed by atoms with Gasteiger partial charge in [0.15, 0.2) is 0 Å². The molecule has 2 rings (SSSR count). The first-order chi connectivity index (χ1) is 6.18. The van der Waals surface area contributed by atoms with Crippen LogP contribution in [-0.2, 0) is 13.0 Å². The molecule has 1 aromatic heterocycles. The Labute approximate surface area is 75.4 Å². The van der Waals surface area contributed by atoms with Gasteiger partial charge in [-0.25, -0.2) is 4.79 Å². The summed E-state index contributed by atoms with van der Waals surface area (Å²) in [6.45, 7) is 2.83. The standard InChI is InChI=1S/C8H11N3O2/c1-5-2-3-6-9-10-7(8(12)13)11(6)4-5/h5H,2-4H2,1H3,(H,12,13). The van der Waals surface area contributed by atoms with Gasteiger partial charge in [0.1, 0.15) is 5.82 Å². The van der Waals surface area contributed by atoms with Gasteiger partial charge < -0.3 is 9.67 Å². The highest BCUT2D eigenvalue weighted by Crippen LogP contribution is 2.18. The maximum Gasteiger partial charge on any atom is 0.374 e. The van der Waals surface area contributed by atoms with Gasteiger partial charge in [0.05, 0.1) is 0 Å². The molecule has 0 aromatic carbocycles. The van der Waals surface area contributed by atoms with E-state index in [1.54, 1.807) is 4.57 Å². The van der Waals surface area contributed by atoms with Gasteiger partial charge in [0.25, 0.3) is 0 Å². The van der Waals surface area contributed by atoms with Gasteiger partial charge in [-0.1, -0.05) is 6.92 Å². The zero-order chi connectivity index (χ0) is 9.42. The lowest BCUT2D eigenvalue weighted by molar-refractivity contribution is 0.0675. The summed E-state index contributed by atoms with van der Waals surface area (Å²) in [5, 5.41) is 16.3. The van der Waals surface area contributed by atoms with E-state index in [4.69, 9.17) is 5.11 Å². The van der Waals surface area contributed by atoms with E-state index >= 15 is 0 Å². The van der Waals surface area contributed by atoms with Crippen LogP contribution in [-0.4, -0.2) is 25.8 Å². The second kappa shape index (κ2) is 2.83. The molecule has 1 aliphatic heterocycles. The Bertz CT molecular complexity index is 345. The third-order valence-electron chi connectivity index (χ3n) is 2.37. The molecule has 0 saturated heterocycles. The van der Waals surface area contributed by atoms with E-state index in [0.29, 0.717) is 5.92 Å². The number of aryl methyl sites for hydroxylation is 1. The van der Waals surface area contributed by atoms with E-state index in [2.05, 4.69) is 17.1 Å². The van der Waals surface area contributed by atoms with Crippen LogP contribution in [0, 0.1) is 5.92 Å². The Morgan fingerprint density at radius 3 is 3.08 bits per heavy atom. The smallest absolute Gasteiger partial charge is 0.374 e. The summed E-state index contributed by atoms with van der Waals surface area (Å²) in [6.07, 6.45) is 1.90. The highest BCUT2D eigenvalue weighted by atomic mass is 16.4. The normalized spacial score (nSPS) is 21.2. The first kappa shape index (κ1) is 8.22. The molecule has 1 N–H and O–H groups in total. The average molecular weight is 181 g/mol. The van der Waals surface area contributed by atoms with Crippen molar-refractivity contribution in [1.82, 2.24) is 14.8 Å². The maximum absolute atomic E-state index is 10.7. The molecule has 5 nitrogen and oxygen atoms in total. The summed E-state index contributed by atoms with van der Waals surface area (Å²) in [5.74, 6) is 0.395. The lowest BCUT2D eigenvalue weighted by Crippen LogP contribution is -2.21. The molecule has 1 atom stereocenters. The molecule has 0 radical (unpaired) electrons. The Balaban J connectivity index is 2.41. The van der Waals surface area contributed by atoms with Crippen molar-refractivity contribution in [3.05, 3.63) is 11.6 Å². The Morgan fingerprint density at radius 1 is 1.62 bits per heavy atom. The largest absolute Gasteiger partial charge is 0.475 e. The van der Waals surface area contributed by atoms with Crippen LogP contribution in [0.5, 0.6) is 0 Å². The van der Waals surface area contributed by atoms with Crippen LogP contribution in [0.25, 0.3) is 0 Å². The lowest BCUT2D eigenvalue weighted by atomic mass is 10.0. The van der Waals surface area contributed by atoms with E-state index in [1.165, 1.54) is 0 Å². The third kappa shape index (κ3) is 1.30. The number of aromatic nitrogens is 3. The second-order valence-electron chi connectivity index (χ2n) is 3.50. The van der Waals surface area contributed by atoms with Gasteiger partial charge in [-0.3, -0.25) is 0 Å². The van der Waals surface area contributed by atoms with E-state index in [9.17, 15) is 4.79 Å². The van der Waals surface area contributed by atoms with Gasteiger partial charge in [0.2, 0.25) is 5.82 Å². The van der Waals surface area contributed by atoms with E-state index in [0.717, 1.165) is 25.2 Å². The molecule has 0 aliphatic carbocycles. The molecule has 0 saturated carbocycles. The molecular weight excluding hydrogens is 170 g/mol. The molecule has 5 heteroatoms. The van der Waals surface area contributed by atoms with Gasteiger partial charge in [-0.15, -0.1) is 10.2 Å². The molecule has 1 unspecified atom stereocenters. The molecule has 70 valence electrons. The Morgan fingerprint density at radius 2 is 2.38 bits per heavy atom. The number of hydrogen-bond acceptors (Lipinski definition) is 3. The molecule has 1 aliphatic rings. The fraction of sp³-hybridized carbons (Fsp3) is 0.625. The quantitative estimate of drug-likeness (QED) is 0.687. The topological polar surface area (TPSA) is 68.0 Å². The predicted molar refractivity (Wildman–Crippen MR) is 44.5 cm³/mol.